The summed E-state index contributed by atoms with van der Waals surface area (Å²) in [5.74, 6) is 1.81. The van der Waals surface area contributed by atoms with Crippen molar-refractivity contribution in [1.82, 2.24) is 14.3 Å². The van der Waals surface area contributed by atoms with E-state index in [9.17, 15) is 0 Å². The standard InChI is InChI=1S/C20H28N4O2S/c1-16-21-20(27-22-16)24-10-3-9-23(11-12-24)14-17-5-7-18(8-6-17)26-15-19-4-2-13-25-19/h5-8,19H,2-4,9-15H2,1H3. The molecule has 2 saturated heterocycles. The molecule has 2 aromatic rings. The van der Waals surface area contributed by atoms with E-state index in [1.165, 1.54) is 17.1 Å². The summed E-state index contributed by atoms with van der Waals surface area (Å²) < 4.78 is 15.8. The number of nitrogens with zero attached hydrogens (tertiary/aromatic N) is 4. The maximum absolute atomic E-state index is 5.86. The average Bonchev–Trinajstić information content (AvgIpc) is 3.30. The van der Waals surface area contributed by atoms with Gasteiger partial charge in [0.1, 0.15) is 18.2 Å². The van der Waals surface area contributed by atoms with Crippen LogP contribution >= 0.6 is 11.5 Å². The third-order valence-electron chi connectivity index (χ3n) is 5.17. The first-order valence-corrected chi connectivity index (χ1v) is 10.6. The Labute approximate surface area is 165 Å². The first-order valence-electron chi connectivity index (χ1n) is 9.87. The lowest BCUT2D eigenvalue weighted by Crippen LogP contribution is -2.30. The molecule has 0 bridgehead atoms. The fraction of sp³-hybridized carbons (Fsp3) is 0.600. The van der Waals surface area contributed by atoms with Gasteiger partial charge in [0.15, 0.2) is 0 Å². The highest BCUT2D eigenvalue weighted by molar-refractivity contribution is 7.09. The highest BCUT2D eigenvalue weighted by atomic mass is 32.1. The molecule has 0 amide bonds. The molecule has 7 heteroatoms. The lowest BCUT2D eigenvalue weighted by Gasteiger charge is -2.21. The fourth-order valence-corrected chi connectivity index (χ4v) is 4.37. The second kappa shape index (κ2) is 8.99. The number of hydrogen-bond donors (Lipinski definition) is 0. The summed E-state index contributed by atoms with van der Waals surface area (Å²) in [7, 11) is 0. The molecule has 0 aliphatic carbocycles. The van der Waals surface area contributed by atoms with Crippen LogP contribution in [0, 0.1) is 6.92 Å². The smallest absolute Gasteiger partial charge is 0.205 e. The number of aryl methyl sites for hydroxylation is 1. The predicted octanol–water partition coefficient (Wildman–Crippen LogP) is 3.12. The summed E-state index contributed by atoms with van der Waals surface area (Å²) in [6.07, 6.45) is 3.68. The number of rotatable bonds is 6. The maximum Gasteiger partial charge on any atom is 0.205 e. The largest absolute Gasteiger partial charge is 0.491 e. The molecule has 0 spiro atoms. The van der Waals surface area contributed by atoms with Gasteiger partial charge in [0.25, 0.3) is 0 Å². The van der Waals surface area contributed by atoms with Crippen molar-refractivity contribution in [3.05, 3.63) is 35.7 Å². The predicted molar refractivity (Wildman–Crippen MR) is 108 cm³/mol. The molecule has 1 aromatic carbocycles. The van der Waals surface area contributed by atoms with E-state index in [0.29, 0.717) is 6.61 Å². The van der Waals surface area contributed by atoms with Crippen LogP contribution in [0.25, 0.3) is 0 Å². The summed E-state index contributed by atoms with van der Waals surface area (Å²) in [5, 5.41) is 1.06. The lowest BCUT2D eigenvalue weighted by atomic mass is 10.2. The number of benzene rings is 1. The van der Waals surface area contributed by atoms with Crippen LogP contribution < -0.4 is 9.64 Å². The minimum Gasteiger partial charge on any atom is -0.491 e. The molecule has 1 atom stereocenters. The second-order valence-electron chi connectivity index (χ2n) is 7.33. The Morgan fingerprint density at radius 2 is 2.04 bits per heavy atom. The van der Waals surface area contributed by atoms with E-state index in [1.807, 2.05) is 6.92 Å². The molecule has 2 aliphatic heterocycles. The Morgan fingerprint density at radius 3 is 2.78 bits per heavy atom. The van der Waals surface area contributed by atoms with Gasteiger partial charge in [-0.1, -0.05) is 12.1 Å². The molecular formula is C20H28N4O2S. The van der Waals surface area contributed by atoms with Crippen molar-refractivity contribution in [1.29, 1.82) is 0 Å². The van der Waals surface area contributed by atoms with Crippen molar-refractivity contribution in [3.63, 3.8) is 0 Å². The Balaban J connectivity index is 1.26. The monoisotopic (exact) mass is 388 g/mol. The van der Waals surface area contributed by atoms with Crippen molar-refractivity contribution < 1.29 is 9.47 Å². The molecule has 146 valence electrons. The first-order chi connectivity index (χ1) is 13.3. The summed E-state index contributed by atoms with van der Waals surface area (Å²) in [6, 6.07) is 8.53. The Hall–Kier alpha value is -1.70. The normalized spacial score (nSPS) is 21.4. The second-order valence-corrected chi connectivity index (χ2v) is 8.06. The molecule has 3 heterocycles. The zero-order valence-electron chi connectivity index (χ0n) is 16.0. The van der Waals surface area contributed by atoms with Crippen LogP contribution in [0.3, 0.4) is 0 Å². The SMILES string of the molecule is Cc1nsc(N2CCCN(Cc3ccc(OCC4CCCO4)cc3)CC2)n1. The van der Waals surface area contributed by atoms with Gasteiger partial charge in [-0.25, -0.2) is 4.98 Å². The van der Waals surface area contributed by atoms with Gasteiger partial charge in [0.2, 0.25) is 5.13 Å². The van der Waals surface area contributed by atoms with Crippen molar-refractivity contribution in [2.24, 2.45) is 0 Å². The molecule has 0 saturated carbocycles. The number of anilines is 1. The molecule has 2 fully saturated rings. The third kappa shape index (κ3) is 5.18. The van der Waals surface area contributed by atoms with E-state index in [4.69, 9.17) is 9.47 Å². The molecule has 27 heavy (non-hydrogen) atoms. The van der Waals surface area contributed by atoms with Gasteiger partial charge >= 0.3 is 0 Å². The van der Waals surface area contributed by atoms with Crippen molar-refractivity contribution in [3.8, 4) is 5.75 Å². The molecule has 1 aromatic heterocycles. The van der Waals surface area contributed by atoms with E-state index in [2.05, 4.69) is 43.4 Å². The summed E-state index contributed by atoms with van der Waals surface area (Å²) in [6.45, 7) is 8.71. The van der Waals surface area contributed by atoms with Gasteiger partial charge in [-0.05, 0) is 43.9 Å². The molecule has 1 unspecified atom stereocenters. The van der Waals surface area contributed by atoms with E-state index in [0.717, 1.165) is 75.3 Å². The Morgan fingerprint density at radius 1 is 1.15 bits per heavy atom. The molecule has 2 aliphatic rings. The van der Waals surface area contributed by atoms with Gasteiger partial charge < -0.3 is 14.4 Å². The quantitative estimate of drug-likeness (QED) is 0.758. The van der Waals surface area contributed by atoms with Crippen LogP contribution in [0.2, 0.25) is 0 Å². The van der Waals surface area contributed by atoms with E-state index < -0.39 is 0 Å². The van der Waals surface area contributed by atoms with E-state index >= 15 is 0 Å². The van der Waals surface area contributed by atoms with Crippen LogP contribution in [-0.2, 0) is 11.3 Å². The topological polar surface area (TPSA) is 50.7 Å². The van der Waals surface area contributed by atoms with Gasteiger partial charge in [0, 0.05) is 50.9 Å². The highest BCUT2D eigenvalue weighted by Crippen LogP contribution is 2.20. The van der Waals surface area contributed by atoms with Crippen molar-refractivity contribution in [2.45, 2.75) is 38.8 Å². The van der Waals surface area contributed by atoms with Gasteiger partial charge in [0.05, 0.1) is 6.10 Å². The zero-order valence-corrected chi connectivity index (χ0v) is 16.8. The van der Waals surface area contributed by atoms with Gasteiger partial charge in [-0.15, -0.1) is 0 Å². The van der Waals surface area contributed by atoms with Crippen LogP contribution in [0.15, 0.2) is 24.3 Å². The molecule has 6 nitrogen and oxygen atoms in total. The van der Waals surface area contributed by atoms with Crippen LogP contribution in [0.4, 0.5) is 5.13 Å². The highest BCUT2D eigenvalue weighted by Gasteiger charge is 2.18. The Kier molecular flexibility index (Phi) is 6.21. The van der Waals surface area contributed by atoms with Crippen LogP contribution in [0.1, 0.15) is 30.7 Å². The minimum absolute atomic E-state index is 0.265. The summed E-state index contributed by atoms with van der Waals surface area (Å²) >= 11 is 1.51. The molecule has 0 N–H and O–H groups in total. The van der Waals surface area contributed by atoms with Crippen LogP contribution in [-0.4, -0.2) is 59.8 Å². The van der Waals surface area contributed by atoms with Crippen LogP contribution in [0.5, 0.6) is 5.75 Å². The Bertz CT molecular complexity index is 715. The third-order valence-corrected chi connectivity index (χ3v) is 6.03. The molecule has 4 rings (SSSR count). The molecular weight excluding hydrogens is 360 g/mol. The number of ether oxygens (including phenoxy) is 2. The van der Waals surface area contributed by atoms with E-state index in [-0.39, 0.29) is 6.10 Å². The van der Waals surface area contributed by atoms with Crippen molar-refractivity contribution in [2.75, 3.05) is 44.3 Å². The maximum atomic E-state index is 5.86. The van der Waals surface area contributed by atoms with Gasteiger partial charge in [-0.3, -0.25) is 4.90 Å². The number of hydrogen-bond acceptors (Lipinski definition) is 7. The minimum atomic E-state index is 0.265. The summed E-state index contributed by atoms with van der Waals surface area (Å²) in [5.41, 5.74) is 1.33. The molecule has 0 radical (unpaired) electrons. The van der Waals surface area contributed by atoms with Gasteiger partial charge in [-0.2, -0.15) is 4.37 Å². The summed E-state index contributed by atoms with van der Waals surface area (Å²) in [4.78, 5) is 9.42. The zero-order chi connectivity index (χ0) is 18.5. The lowest BCUT2D eigenvalue weighted by molar-refractivity contribution is 0.0679. The van der Waals surface area contributed by atoms with Crippen molar-refractivity contribution >= 4 is 16.7 Å². The van der Waals surface area contributed by atoms with E-state index in [1.54, 1.807) is 0 Å². The first kappa shape index (κ1) is 18.7. The average molecular weight is 389 g/mol. The fourth-order valence-electron chi connectivity index (χ4n) is 3.65. The number of aromatic nitrogens is 2.